The Morgan fingerprint density at radius 1 is 1.12 bits per heavy atom. The zero-order valence-corrected chi connectivity index (χ0v) is 14.4. The van der Waals surface area contributed by atoms with E-state index in [1.165, 1.54) is 0 Å². The molecule has 6 nitrogen and oxygen atoms in total. The average molecular weight is 345 g/mol. The lowest BCUT2D eigenvalue weighted by molar-refractivity contribution is 0.252. The van der Waals surface area contributed by atoms with Crippen LogP contribution < -0.4 is 14.9 Å². The second-order valence-electron chi connectivity index (χ2n) is 5.76. The summed E-state index contributed by atoms with van der Waals surface area (Å²) in [6, 6.07) is 11.8. The predicted molar refractivity (Wildman–Crippen MR) is 93.9 cm³/mol. The van der Waals surface area contributed by atoms with Crippen LogP contribution in [0.25, 0.3) is 0 Å². The third-order valence-corrected chi connectivity index (χ3v) is 5.36. The summed E-state index contributed by atoms with van der Waals surface area (Å²) in [5.41, 5.74) is 2.76. The zero-order chi connectivity index (χ0) is 17.3. The molecule has 0 saturated carbocycles. The number of benzene rings is 2. The van der Waals surface area contributed by atoms with E-state index in [0.29, 0.717) is 30.0 Å². The highest BCUT2D eigenvalue weighted by Crippen LogP contribution is 2.29. The Kier molecular flexibility index (Phi) is 4.19. The lowest BCUT2D eigenvalue weighted by Crippen LogP contribution is -2.28. The van der Waals surface area contributed by atoms with Crippen molar-refractivity contribution in [3.05, 3.63) is 53.6 Å². The van der Waals surface area contributed by atoms with Crippen LogP contribution in [0, 0.1) is 13.8 Å². The monoisotopic (exact) mass is 345 g/mol. The summed E-state index contributed by atoms with van der Waals surface area (Å²) in [5.74, 6) is 0. The molecule has 0 radical (unpaired) electrons. The molecular weight excluding hydrogens is 326 g/mol. The molecule has 0 atom stereocenters. The maximum absolute atomic E-state index is 12.6. The first-order chi connectivity index (χ1) is 11.4. The van der Waals surface area contributed by atoms with Crippen LogP contribution in [0.5, 0.6) is 0 Å². The molecule has 3 rings (SSSR count). The van der Waals surface area contributed by atoms with Crippen LogP contribution in [-0.4, -0.2) is 27.5 Å². The molecule has 0 spiro atoms. The molecule has 1 saturated heterocycles. The average Bonchev–Trinajstić information content (AvgIpc) is 2.95. The first-order valence-corrected chi connectivity index (χ1v) is 9.11. The molecule has 1 aliphatic rings. The SMILES string of the molecule is Cc1cccc(S(=O)(=O)Nc2cccc(N3CCNC3=O)c2C)c1. The van der Waals surface area contributed by atoms with E-state index < -0.39 is 10.0 Å². The van der Waals surface area contributed by atoms with Crippen LogP contribution in [0.3, 0.4) is 0 Å². The quantitative estimate of drug-likeness (QED) is 0.894. The van der Waals surface area contributed by atoms with Crippen LogP contribution in [0.4, 0.5) is 16.2 Å². The number of carbonyl (C=O) groups excluding carboxylic acids is 1. The summed E-state index contributed by atoms with van der Waals surface area (Å²) in [5, 5.41) is 2.74. The Morgan fingerprint density at radius 3 is 2.54 bits per heavy atom. The van der Waals surface area contributed by atoms with Gasteiger partial charge in [-0.2, -0.15) is 0 Å². The van der Waals surface area contributed by atoms with Crippen molar-refractivity contribution in [2.24, 2.45) is 0 Å². The van der Waals surface area contributed by atoms with Crippen molar-refractivity contribution >= 4 is 27.4 Å². The molecule has 0 unspecified atom stereocenters. The number of amides is 2. The molecule has 1 fully saturated rings. The molecule has 0 bridgehead atoms. The van der Waals surface area contributed by atoms with Crippen molar-refractivity contribution in [1.82, 2.24) is 5.32 Å². The Morgan fingerprint density at radius 2 is 1.88 bits per heavy atom. The highest BCUT2D eigenvalue weighted by molar-refractivity contribution is 7.92. The molecule has 126 valence electrons. The molecule has 2 amide bonds. The number of carbonyl (C=O) groups is 1. The van der Waals surface area contributed by atoms with Gasteiger partial charge in [-0.1, -0.05) is 18.2 Å². The highest BCUT2D eigenvalue weighted by atomic mass is 32.2. The van der Waals surface area contributed by atoms with Gasteiger partial charge in [-0.3, -0.25) is 9.62 Å². The molecule has 1 aliphatic heterocycles. The third-order valence-electron chi connectivity index (χ3n) is 4.00. The Labute approximate surface area is 141 Å². The standard InChI is InChI=1S/C17H19N3O3S/c1-12-5-3-6-14(11-12)24(22,23)19-15-7-4-8-16(13(15)2)20-10-9-18-17(20)21/h3-8,11,19H,9-10H2,1-2H3,(H,18,21). The van der Waals surface area contributed by atoms with Gasteiger partial charge in [0.2, 0.25) is 0 Å². The molecule has 0 aromatic heterocycles. The number of hydrogen-bond donors (Lipinski definition) is 2. The summed E-state index contributed by atoms with van der Waals surface area (Å²) in [4.78, 5) is 13.7. The van der Waals surface area contributed by atoms with Crippen molar-refractivity contribution in [1.29, 1.82) is 0 Å². The van der Waals surface area contributed by atoms with Gasteiger partial charge in [-0.05, 0) is 49.2 Å². The van der Waals surface area contributed by atoms with Crippen molar-refractivity contribution < 1.29 is 13.2 Å². The van der Waals surface area contributed by atoms with E-state index in [2.05, 4.69) is 10.0 Å². The smallest absolute Gasteiger partial charge is 0.322 e. The summed E-state index contributed by atoms with van der Waals surface area (Å²) < 4.78 is 27.8. The van der Waals surface area contributed by atoms with Gasteiger partial charge in [0.05, 0.1) is 16.3 Å². The van der Waals surface area contributed by atoms with Gasteiger partial charge in [0.25, 0.3) is 10.0 Å². The summed E-state index contributed by atoms with van der Waals surface area (Å²) >= 11 is 0. The first-order valence-electron chi connectivity index (χ1n) is 7.63. The van der Waals surface area contributed by atoms with Crippen LogP contribution in [-0.2, 0) is 10.0 Å². The maximum atomic E-state index is 12.6. The molecule has 2 N–H and O–H groups in total. The maximum Gasteiger partial charge on any atom is 0.322 e. The Hall–Kier alpha value is -2.54. The van der Waals surface area contributed by atoms with Gasteiger partial charge < -0.3 is 5.32 Å². The van der Waals surface area contributed by atoms with Crippen molar-refractivity contribution in [2.75, 3.05) is 22.7 Å². The van der Waals surface area contributed by atoms with E-state index in [0.717, 1.165) is 5.56 Å². The van der Waals surface area contributed by atoms with Gasteiger partial charge in [-0.15, -0.1) is 0 Å². The predicted octanol–water partition coefficient (Wildman–Crippen LogP) is 2.63. The number of aryl methyl sites for hydroxylation is 1. The fourth-order valence-corrected chi connectivity index (χ4v) is 3.94. The number of sulfonamides is 1. The second-order valence-corrected chi connectivity index (χ2v) is 7.44. The Bertz CT molecular complexity index is 894. The van der Waals surface area contributed by atoms with E-state index in [1.807, 2.05) is 19.1 Å². The fraction of sp³-hybridized carbons (Fsp3) is 0.235. The molecule has 7 heteroatoms. The second kappa shape index (κ2) is 6.16. The Balaban J connectivity index is 1.94. The van der Waals surface area contributed by atoms with E-state index in [-0.39, 0.29) is 10.9 Å². The van der Waals surface area contributed by atoms with Crippen LogP contribution >= 0.6 is 0 Å². The number of nitrogens with one attached hydrogen (secondary N) is 2. The summed E-state index contributed by atoms with van der Waals surface area (Å²) in [6.45, 7) is 4.79. The van der Waals surface area contributed by atoms with E-state index >= 15 is 0 Å². The number of hydrogen-bond acceptors (Lipinski definition) is 3. The van der Waals surface area contributed by atoms with Crippen LogP contribution in [0.2, 0.25) is 0 Å². The normalized spacial score (nSPS) is 14.6. The van der Waals surface area contributed by atoms with Crippen molar-refractivity contribution in [3.63, 3.8) is 0 Å². The fourth-order valence-electron chi connectivity index (χ4n) is 2.71. The lowest BCUT2D eigenvalue weighted by atomic mass is 10.1. The van der Waals surface area contributed by atoms with Crippen molar-refractivity contribution in [2.45, 2.75) is 18.7 Å². The minimum absolute atomic E-state index is 0.170. The number of nitrogens with zero attached hydrogens (tertiary/aromatic N) is 1. The number of rotatable bonds is 4. The van der Waals surface area contributed by atoms with Gasteiger partial charge in [0.1, 0.15) is 0 Å². The van der Waals surface area contributed by atoms with Crippen LogP contribution in [0.15, 0.2) is 47.4 Å². The van der Waals surface area contributed by atoms with E-state index in [9.17, 15) is 13.2 Å². The first kappa shape index (κ1) is 16.3. The van der Waals surface area contributed by atoms with Gasteiger partial charge in [-0.25, -0.2) is 13.2 Å². The molecular formula is C17H19N3O3S. The largest absolute Gasteiger partial charge is 0.336 e. The molecule has 2 aromatic rings. The lowest BCUT2D eigenvalue weighted by Gasteiger charge is -2.20. The summed E-state index contributed by atoms with van der Waals surface area (Å²) in [7, 11) is -3.68. The minimum Gasteiger partial charge on any atom is -0.336 e. The summed E-state index contributed by atoms with van der Waals surface area (Å²) in [6.07, 6.45) is 0. The highest BCUT2D eigenvalue weighted by Gasteiger charge is 2.24. The molecule has 2 aromatic carbocycles. The number of urea groups is 1. The topological polar surface area (TPSA) is 78.5 Å². The van der Waals surface area contributed by atoms with Crippen LogP contribution in [0.1, 0.15) is 11.1 Å². The number of anilines is 2. The molecule has 24 heavy (non-hydrogen) atoms. The van der Waals surface area contributed by atoms with Gasteiger partial charge >= 0.3 is 6.03 Å². The van der Waals surface area contributed by atoms with E-state index in [1.54, 1.807) is 42.2 Å². The zero-order valence-electron chi connectivity index (χ0n) is 13.5. The molecule has 0 aliphatic carbocycles. The van der Waals surface area contributed by atoms with Gasteiger partial charge in [0.15, 0.2) is 0 Å². The van der Waals surface area contributed by atoms with Crippen molar-refractivity contribution in [3.8, 4) is 0 Å². The van der Waals surface area contributed by atoms with E-state index in [4.69, 9.17) is 0 Å². The third kappa shape index (κ3) is 3.07. The molecule has 1 heterocycles. The minimum atomic E-state index is -3.68. The van der Waals surface area contributed by atoms with Gasteiger partial charge in [0, 0.05) is 13.1 Å².